The molecular weight excluding hydrogens is 333 g/mol. The van der Waals surface area contributed by atoms with Crippen LogP contribution in [0.5, 0.6) is 0 Å². The topological polar surface area (TPSA) is 61.4 Å². The van der Waals surface area contributed by atoms with Gasteiger partial charge < -0.3 is 10.6 Å². The van der Waals surface area contributed by atoms with Gasteiger partial charge in [-0.2, -0.15) is 0 Å². The van der Waals surface area contributed by atoms with Crippen LogP contribution in [0, 0.1) is 19.7 Å². The summed E-state index contributed by atoms with van der Waals surface area (Å²) in [6.45, 7) is 4.42. The van der Waals surface area contributed by atoms with Crippen molar-refractivity contribution in [3.8, 4) is 0 Å². The number of halogens is 1. The minimum atomic E-state index is -0.288. The normalized spacial score (nSPS) is 10.7. The summed E-state index contributed by atoms with van der Waals surface area (Å²) in [7, 11) is 1.79. The SMILES string of the molecule is Cc1cccc(C)c1NC(=O)CNC(=O)CN(C)Cc1ccc(F)cc1. The third-order valence-electron chi connectivity index (χ3n) is 3.97. The average Bonchev–Trinajstić information content (AvgIpc) is 2.58. The van der Waals surface area contributed by atoms with Gasteiger partial charge in [0.05, 0.1) is 13.1 Å². The molecule has 0 aliphatic rings. The van der Waals surface area contributed by atoms with Crippen LogP contribution in [0.25, 0.3) is 0 Å². The molecule has 0 radical (unpaired) electrons. The van der Waals surface area contributed by atoms with Gasteiger partial charge in [-0.25, -0.2) is 4.39 Å². The van der Waals surface area contributed by atoms with E-state index in [1.165, 1.54) is 12.1 Å². The fourth-order valence-electron chi connectivity index (χ4n) is 2.63. The minimum absolute atomic E-state index is 0.0863. The van der Waals surface area contributed by atoms with E-state index in [2.05, 4.69) is 10.6 Å². The number of amides is 2. The number of aryl methyl sites for hydroxylation is 2. The second kappa shape index (κ2) is 9.10. The lowest BCUT2D eigenvalue weighted by Gasteiger charge is -2.16. The largest absolute Gasteiger partial charge is 0.346 e. The predicted octanol–water partition coefficient (Wildman–Crippen LogP) is 2.63. The highest BCUT2D eigenvalue weighted by Gasteiger charge is 2.11. The summed E-state index contributed by atoms with van der Waals surface area (Å²) >= 11 is 0. The molecule has 2 aromatic rings. The lowest BCUT2D eigenvalue weighted by molar-refractivity contribution is -0.124. The van der Waals surface area contributed by atoms with Gasteiger partial charge in [-0.3, -0.25) is 14.5 Å². The van der Waals surface area contributed by atoms with Crippen molar-refractivity contribution in [1.29, 1.82) is 0 Å². The van der Waals surface area contributed by atoms with Gasteiger partial charge >= 0.3 is 0 Å². The summed E-state index contributed by atoms with van der Waals surface area (Å²) in [6, 6.07) is 11.9. The zero-order valence-electron chi connectivity index (χ0n) is 15.3. The molecule has 2 amide bonds. The van der Waals surface area contributed by atoms with Gasteiger partial charge in [-0.1, -0.05) is 30.3 Å². The van der Waals surface area contributed by atoms with E-state index in [-0.39, 0.29) is 30.7 Å². The summed E-state index contributed by atoms with van der Waals surface area (Å²) in [5, 5.41) is 5.44. The third kappa shape index (κ3) is 5.97. The number of benzene rings is 2. The molecule has 138 valence electrons. The van der Waals surface area contributed by atoms with E-state index in [4.69, 9.17) is 0 Å². The maximum absolute atomic E-state index is 12.9. The Labute approximate surface area is 153 Å². The molecule has 2 aromatic carbocycles. The van der Waals surface area contributed by atoms with E-state index in [9.17, 15) is 14.0 Å². The molecule has 0 saturated heterocycles. The van der Waals surface area contributed by atoms with E-state index in [1.807, 2.05) is 32.0 Å². The molecule has 0 aromatic heterocycles. The van der Waals surface area contributed by atoms with Gasteiger partial charge in [0.2, 0.25) is 11.8 Å². The van der Waals surface area contributed by atoms with E-state index in [0.717, 1.165) is 22.4 Å². The summed E-state index contributed by atoms with van der Waals surface area (Å²) in [5.74, 6) is -0.799. The zero-order chi connectivity index (χ0) is 19.1. The fraction of sp³-hybridized carbons (Fsp3) is 0.300. The lowest BCUT2D eigenvalue weighted by atomic mass is 10.1. The Hall–Kier alpha value is -2.73. The van der Waals surface area contributed by atoms with Crippen LogP contribution >= 0.6 is 0 Å². The van der Waals surface area contributed by atoms with Gasteiger partial charge in [-0.15, -0.1) is 0 Å². The molecule has 0 aliphatic heterocycles. The van der Waals surface area contributed by atoms with Crippen LogP contribution < -0.4 is 10.6 Å². The van der Waals surface area contributed by atoms with E-state index in [1.54, 1.807) is 24.1 Å². The van der Waals surface area contributed by atoms with Crippen LogP contribution in [0.1, 0.15) is 16.7 Å². The second-order valence-electron chi connectivity index (χ2n) is 6.39. The number of rotatable bonds is 7. The molecule has 26 heavy (non-hydrogen) atoms. The molecule has 0 heterocycles. The molecule has 0 unspecified atom stereocenters. The molecule has 0 fully saturated rings. The van der Waals surface area contributed by atoms with Crippen molar-refractivity contribution < 1.29 is 14.0 Å². The number of hydrogen-bond donors (Lipinski definition) is 2. The third-order valence-corrected chi connectivity index (χ3v) is 3.97. The highest BCUT2D eigenvalue weighted by molar-refractivity contribution is 5.95. The molecule has 2 rings (SSSR count). The Kier molecular flexibility index (Phi) is 6.86. The van der Waals surface area contributed by atoms with E-state index in [0.29, 0.717) is 6.54 Å². The Morgan fingerprint density at radius 2 is 1.62 bits per heavy atom. The number of anilines is 1. The van der Waals surface area contributed by atoms with Crippen molar-refractivity contribution in [2.75, 3.05) is 25.5 Å². The van der Waals surface area contributed by atoms with Crippen LogP contribution in [-0.4, -0.2) is 36.9 Å². The van der Waals surface area contributed by atoms with Crippen LogP contribution in [-0.2, 0) is 16.1 Å². The number of hydrogen-bond acceptors (Lipinski definition) is 3. The first-order valence-corrected chi connectivity index (χ1v) is 8.41. The Morgan fingerprint density at radius 3 is 2.23 bits per heavy atom. The van der Waals surface area contributed by atoms with Crippen molar-refractivity contribution in [3.05, 3.63) is 65.0 Å². The molecule has 0 spiro atoms. The first-order chi connectivity index (χ1) is 12.3. The standard InChI is InChI=1S/C20H24FN3O2/c1-14-5-4-6-15(2)20(14)23-18(25)11-22-19(26)13-24(3)12-16-7-9-17(21)10-8-16/h4-10H,11-13H2,1-3H3,(H,22,26)(H,23,25). The lowest BCUT2D eigenvalue weighted by Crippen LogP contribution is -2.39. The van der Waals surface area contributed by atoms with E-state index < -0.39 is 0 Å². The number of likely N-dealkylation sites (N-methyl/N-ethyl adjacent to an activating group) is 1. The Balaban J connectivity index is 1.77. The van der Waals surface area contributed by atoms with Gasteiger partial charge in [-0.05, 0) is 49.7 Å². The molecule has 0 saturated carbocycles. The number of nitrogens with one attached hydrogen (secondary N) is 2. The van der Waals surface area contributed by atoms with Crippen molar-refractivity contribution in [2.24, 2.45) is 0 Å². The molecule has 0 bridgehead atoms. The average molecular weight is 357 g/mol. The Bertz CT molecular complexity index is 755. The number of carbonyl (C=O) groups excluding carboxylic acids is 2. The van der Waals surface area contributed by atoms with Crippen LogP contribution in [0.3, 0.4) is 0 Å². The van der Waals surface area contributed by atoms with Crippen LogP contribution in [0.15, 0.2) is 42.5 Å². The maximum Gasteiger partial charge on any atom is 0.243 e. The maximum atomic E-state index is 12.9. The van der Waals surface area contributed by atoms with E-state index >= 15 is 0 Å². The smallest absolute Gasteiger partial charge is 0.243 e. The highest BCUT2D eigenvalue weighted by Crippen LogP contribution is 2.18. The number of para-hydroxylation sites is 1. The Morgan fingerprint density at radius 1 is 1.00 bits per heavy atom. The molecular formula is C20H24FN3O2. The summed E-state index contributed by atoms with van der Waals surface area (Å²) in [6.07, 6.45) is 0. The number of nitrogens with zero attached hydrogens (tertiary/aromatic N) is 1. The first kappa shape index (κ1) is 19.6. The quantitative estimate of drug-likeness (QED) is 0.801. The number of carbonyl (C=O) groups is 2. The second-order valence-corrected chi connectivity index (χ2v) is 6.39. The van der Waals surface area contributed by atoms with Crippen molar-refractivity contribution >= 4 is 17.5 Å². The zero-order valence-corrected chi connectivity index (χ0v) is 15.3. The van der Waals surface area contributed by atoms with Gasteiger partial charge in [0.1, 0.15) is 5.82 Å². The van der Waals surface area contributed by atoms with Crippen LogP contribution in [0.2, 0.25) is 0 Å². The molecule has 0 atom stereocenters. The van der Waals surface area contributed by atoms with Crippen molar-refractivity contribution in [3.63, 3.8) is 0 Å². The van der Waals surface area contributed by atoms with Gasteiger partial charge in [0, 0.05) is 12.2 Å². The van der Waals surface area contributed by atoms with Crippen LogP contribution in [0.4, 0.5) is 10.1 Å². The molecule has 0 aliphatic carbocycles. The first-order valence-electron chi connectivity index (χ1n) is 8.41. The molecule has 6 heteroatoms. The fourth-order valence-corrected chi connectivity index (χ4v) is 2.63. The highest BCUT2D eigenvalue weighted by atomic mass is 19.1. The minimum Gasteiger partial charge on any atom is -0.346 e. The summed E-state index contributed by atoms with van der Waals surface area (Å²) in [5.41, 5.74) is 3.64. The molecule has 2 N–H and O–H groups in total. The van der Waals surface area contributed by atoms with Gasteiger partial charge in [0.15, 0.2) is 0 Å². The van der Waals surface area contributed by atoms with Crippen molar-refractivity contribution in [2.45, 2.75) is 20.4 Å². The predicted molar refractivity (Wildman–Crippen MR) is 100 cm³/mol. The van der Waals surface area contributed by atoms with Gasteiger partial charge in [0.25, 0.3) is 0 Å². The molecule has 5 nitrogen and oxygen atoms in total. The summed E-state index contributed by atoms with van der Waals surface area (Å²) in [4.78, 5) is 25.8. The summed E-state index contributed by atoms with van der Waals surface area (Å²) < 4.78 is 12.9. The van der Waals surface area contributed by atoms with Crippen molar-refractivity contribution in [1.82, 2.24) is 10.2 Å². The monoisotopic (exact) mass is 357 g/mol.